The molecule has 0 aromatic carbocycles. The molecule has 5 nitrogen and oxygen atoms in total. The van der Waals surface area contributed by atoms with Crippen molar-refractivity contribution in [1.82, 2.24) is 14.7 Å². The number of rotatable bonds is 3. The van der Waals surface area contributed by atoms with Gasteiger partial charge < -0.3 is 9.72 Å². The van der Waals surface area contributed by atoms with Crippen LogP contribution >= 0.6 is 11.6 Å². The van der Waals surface area contributed by atoms with E-state index in [1.807, 2.05) is 16.7 Å². The molecule has 1 fully saturated rings. The lowest BCUT2D eigenvalue weighted by molar-refractivity contribution is 0.550. The SMILES string of the molecule is O=S1(=O)CCC(NCc2cn3cc(Cl)ccc3n2)C1. The summed E-state index contributed by atoms with van der Waals surface area (Å²) in [5.74, 6) is 0.512. The highest BCUT2D eigenvalue weighted by Crippen LogP contribution is 2.14. The van der Waals surface area contributed by atoms with Crippen molar-refractivity contribution in [3.8, 4) is 0 Å². The standard InChI is InChI=1S/C12H14ClN3O2S/c13-9-1-2-12-15-11(7-16(12)6-9)5-14-10-3-4-19(17,18)8-10/h1-2,6-7,10,14H,3-5,8H2. The molecule has 3 rings (SSSR count). The van der Waals surface area contributed by atoms with Crippen LogP contribution in [0.5, 0.6) is 0 Å². The molecule has 0 radical (unpaired) electrons. The maximum absolute atomic E-state index is 11.4. The number of fused-ring (bicyclic) bond motifs is 1. The van der Waals surface area contributed by atoms with Crippen molar-refractivity contribution in [2.45, 2.75) is 19.0 Å². The number of imidazole rings is 1. The normalized spacial score (nSPS) is 22.1. The van der Waals surface area contributed by atoms with E-state index in [9.17, 15) is 8.42 Å². The molecular weight excluding hydrogens is 286 g/mol. The average molecular weight is 300 g/mol. The minimum atomic E-state index is -2.84. The Kier molecular flexibility index (Phi) is 3.24. The minimum Gasteiger partial charge on any atom is -0.307 e. The lowest BCUT2D eigenvalue weighted by Gasteiger charge is -2.08. The molecule has 0 bridgehead atoms. The van der Waals surface area contributed by atoms with E-state index < -0.39 is 9.84 Å². The Hall–Kier alpha value is -1.11. The van der Waals surface area contributed by atoms with E-state index in [0.717, 1.165) is 11.3 Å². The quantitative estimate of drug-likeness (QED) is 0.927. The zero-order valence-corrected chi connectivity index (χ0v) is 11.8. The van der Waals surface area contributed by atoms with Crippen LogP contribution in [0.4, 0.5) is 0 Å². The number of hydrogen-bond donors (Lipinski definition) is 1. The lowest BCUT2D eigenvalue weighted by atomic mass is 10.2. The van der Waals surface area contributed by atoms with Crippen LogP contribution in [0, 0.1) is 0 Å². The van der Waals surface area contributed by atoms with E-state index in [-0.39, 0.29) is 17.5 Å². The number of nitrogens with zero attached hydrogens (tertiary/aromatic N) is 2. The molecule has 2 aromatic rings. The van der Waals surface area contributed by atoms with E-state index in [0.29, 0.717) is 18.0 Å². The van der Waals surface area contributed by atoms with Crippen molar-refractivity contribution in [3.63, 3.8) is 0 Å². The van der Waals surface area contributed by atoms with Gasteiger partial charge in [0.1, 0.15) is 5.65 Å². The Labute approximate surface area is 116 Å². The Morgan fingerprint density at radius 1 is 1.42 bits per heavy atom. The predicted molar refractivity (Wildman–Crippen MR) is 74.1 cm³/mol. The summed E-state index contributed by atoms with van der Waals surface area (Å²) in [6.07, 6.45) is 4.38. The number of nitrogens with one attached hydrogen (secondary N) is 1. The van der Waals surface area contributed by atoms with Gasteiger partial charge in [0.2, 0.25) is 0 Å². The molecule has 102 valence electrons. The van der Waals surface area contributed by atoms with Gasteiger partial charge in [-0.25, -0.2) is 13.4 Å². The van der Waals surface area contributed by atoms with Gasteiger partial charge in [-0.15, -0.1) is 0 Å². The largest absolute Gasteiger partial charge is 0.307 e. The molecule has 0 saturated carbocycles. The number of sulfone groups is 1. The maximum Gasteiger partial charge on any atom is 0.151 e. The molecule has 1 aliphatic rings. The molecule has 1 N–H and O–H groups in total. The first-order chi connectivity index (χ1) is 9.02. The first-order valence-electron chi connectivity index (χ1n) is 6.09. The van der Waals surface area contributed by atoms with Crippen LogP contribution in [0.15, 0.2) is 24.5 Å². The molecule has 0 spiro atoms. The summed E-state index contributed by atoms with van der Waals surface area (Å²) in [7, 11) is -2.84. The second-order valence-electron chi connectivity index (χ2n) is 4.83. The van der Waals surface area contributed by atoms with Gasteiger partial charge in [0.15, 0.2) is 9.84 Å². The smallest absolute Gasteiger partial charge is 0.151 e. The fourth-order valence-corrected chi connectivity index (χ4v) is 4.18. The van der Waals surface area contributed by atoms with Crippen LogP contribution in [0.1, 0.15) is 12.1 Å². The van der Waals surface area contributed by atoms with Gasteiger partial charge in [-0.05, 0) is 18.6 Å². The molecule has 3 heterocycles. The molecule has 1 atom stereocenters. The van der Waals surface area contributed by atoms with Crippen molar-refractivity contribution in [1.29, 1.82) is 0 Å². The van der Waals surface area contributed by atoms with Gasteiger partial charge in [-0.1, -0.05) is 11.6 Å². The van der Waals surface area contributed by atoms with Crippen molar-refractivity contribution >= 4 is 27.1 Å². The summed E-state index contributed by atoms with van der Waals surface area (Å²) in [5, 5.41) is 3.90. The van der Waals surface area contributed by atoms with Crippen LogP contribution in [-0.2, 0) is 16.4 Å². The second kappa shape index (κ2) is 4.77. The summed E-state index contributed by atoms with van der Waals surface area (Å²) < 4.78 is 24.6. The monoisotopic (exact) mass is 299 g/mol. The highest BCUT2D eigenvalue weighted by atomic mass is 35.5. The summed E-state index contributed by atoms with van der Waals surface area (Å²) in [5.41, 5.74) is 1.71. The second-order valence-corrected chi connectivity index (χ2v) is 7.49. The van der Waals surface area contributed by atoms with Gasteiger partial charge in [-0.2, -0.15) is 0 Å². The lowest BCUT2D eigenvalue weighted by Crippen LogP contribution is -2.29. The van der Waals surface area contributed by atoms with Gasteiger partial charge in [0.05, 0.1) is 22.2 Å². The molecule has 2 aromatic heterocycles. The zero-order chi connectivity index (χ0) is 13.5. The molecule has 7 heteroatoms. The van der Waals surface area contributed by atoms with Crippen LogP contribution in [0.3, 0.4) is 0 Å². The maximum atomic E-state index is 11.4. The fraction of sp³-hybridized carbons (Fsp3) is 0.417. The molecule has 0 aliphatic carbocycles. The van der Waals surface area contributed by atoms with Crippen LogP contribution < -0.4 is 5.32 Å². The Bertz CT molecular complexity index is 711. The average Bonchev–Trinajstić information content (AvgIpc) is 2.89. The summed E-state index contributed by atoms with van der Waals surface area (Å²) in [6.45, 7) is 0.569. The van der Waals surface area contributed by atoms with E-state index in [1.54, 1.807) is 12.3 Å². The van der Waals surface area contributed by atoms with Crippen LogP contribution in [0.25, 0.3) is 5.65 Å². The van der Waals surface area contributed by atoms with Gasteiger partial charge in [-0.3, -0.25) is 0 Å². The predicted octanol–water partition coefficient (Wildman–Crippen LogP) is 1.26. The first kappa shape index (κ1) is 12.9. The highest BCUT2D eigenvalue weighted by molar-refractivity contribution is 7.91. The minimum absolute atomic E-state index is 0.0402. The number of pyridine rings is 1. The van der Waals surface area contributed by atoms with Crippen molar-refractivity contribution in [2.24, 2.45) is 0 Å². The zero-order valence-electron chi connectivity index (χ0n) is 10.2. The molecule has 0 amide bonds. The number of aromatic nitrogens is 2. The van der Waals surface area contributed by atoms with Crippen LogP contribution in [-0.4, -0.2) is 35.4 Å². The summed E-state index contributed by atoms with van der Waals surface area (Å²) in [6, 6.07) is 3.69. The third-order valence-corrected chi connectivity index (χ3v) is 5.26. The third kappa shape index (κ3) is 2.91. The molecular formula is C12H14ClN3O2S. The summed E-state index contributed by atoms with van der Waals surface area (Å²) >= 11 is 5.91. The van der Waals surface area contributed by atoms with Gasteiger partial charge in [0, 0.05) is 25.0 Å². The number of hydrogen-bond acceptors (Lipinski definition) is 4. The Morgan fingerprint density at radius 2 is 2.26 bits per heavy atom. The fourth-order valence-electron chi connectivity index (χ4n) is 2.31. The van der Waals surface area contributed by atoms with E-state index >= 15 is 0 Å². The molecule has 1 saturated heterocycles. The van der Waals surface area contributed by atoms with Crippen LogP contribution in [0.2, 0.25) is 5.02 Å². The third-order valence-electron chi connectivity index (χ3n) is 3.27. The highest BCUT2D eigenvalue weighted by Gasteiger charge is 2.27. The Morgan fingerprint density at radius 3 is 3.00 bits per heavy atom. The summed E-state index contributed by atoms with van der Waals surface area (Å²) in [4.78, 5) is 4.44. The van der Waals surface area contributed by atoms with Crippen molar-refractivity contribution in [3.05, 3.63) is 35.2 Å². The van der Waals surface area contributed by atoms with Gasteiger partial charge in [0.25, 0.3) is 0 Å². The number of halogens is 1. The van der Waals surface area contributed by atoms with E-state index in [4.69, 9.17) is 11.6 Å². The molecule has 19 heavy (non-hydrogen) atoms. The molecule has 1 aliphatic heterocycles. The Balaban J connectivity index is 1.69. The van der Waals surface area contributed by atoms with Gasteiger partial charge >= 0.3 is 0 Å². The van der Waals surface area contributed by atoms with E-state index in [1.165, 1.54) is 0 Å². The molecule has 1 unspecified atom stereocenters. The first-order valence-corrected chi connectivity index (χ1v) is 8.29. The van der Waals surface area contributed by atoms with Crippen molar-refractivity contribution in [2.75, 3.05) is 11.5 Å². The van der Waals surface area contributed by atoms with Crippen molar-refractivity contribution < 1.29 is 8.42 Å². The topological polar surface area (TPSA) is 63.5 Å². The van der Waals surface area contributed by atoms with E-state index in [2.05, 4.69) is 10.3 Å².